The van der Waals surface area contributed by atoms with Crippen molar-refractivity contribution in [2.45, 2.75) is 43.5 Å². The zero-order chi connectivity index (χ0) is 23.3. The second kappa shape index (κ2) is 11.3. The lowest BCUT2D eigenvalue weighted by atomic mass is 10.1. The first-order valence-corrected chi connectivity index (χ1v) is 12.0. The number of methoxy groups -OCH3 is 1. The number of anilines is 1. The van der Waals surface area contributed by atoms with E-state index in [9.17, 15) is 9.90 Å². The largest absolute Gasteiger partial charge is 0.497 e. The van der Waals surface area contributed by atoms with Crippen LogP contribution in [-0.4, -0.2) is 43.9 Å². The Morgan fingerprint density at radius 3 is 2.72 bits per heavy atom. The molecule has 1 heterocycles. The van der Waals surface area contributed by atoms with Crippen LogP contribution >= 0.6 is 23.4 Å². The Morgan fingerprint density at radius 2 is 2.06 bits per heavy atom. The highest BCUT2D eigenvalue weighted by atomic mass is 35.5. The summed E-state index contributed by atoms with van der Waals surface area (Å²) in [6.07, 6.45) is 0.790. The molecular weight excluding hydrogens is 448 g/mol. The van der Waals surface area contributed by atoms with E-state index < -0.39 is 0 Å². The van der Waals surface area contributed by atoms with Gasteiger partial charge in [-0.1, -0.05) is 37.2 Å². The van der Waals surface area contributed by atoms with Gasteiger partial charge in [0.2, 0.25) is 5.91 Å². The van der Waals surface area contributed by atoms with Crippen LogP contribution in [0.1, 0.15) is 38.1 Å². The maximum atomic E-state index is 12.6. The lowest BCUT2D eigenvalue weighted by molar-refractivity contribution is -0.116. The Bertz CT molecular complexity index is 940. The van der Waals surface area contributed by atoms with Crippen LogP contribution in [0.15, 0.2) is 41.3 Å². The van der Waals surface area contributed by atoms with Gasteiger partial charge in [-0.15, -0.1) is 0 Å². The third-order valence-electron chi connectivity index (χ3n) is 5.46. The number of carbonyl (C=O) groups excluding carboxylic acids is 1. The zero-order valence-electron chi connectivity index (χ0n) is 18.9. The number of aliphatic hydroxyl groups excluding tert-OH is 1. The Hall–Kier alpha value is -1.93. The van der Waals surface area contributed by atoms with Crippen molar-refractivity contribution in [1.82, 2.24) is 5.32 Å². The van der Waals surface area contributed by atoms with Crippen molar-refractivity contribution in [1.29, 1.82) is 0 Å². The Morgan fingerprint density at radius 1 is 1.28 bits per heavy atom. The van der Waals surface area contributed by atoms with E-state index in [4.69, 9.17) is 21.1 Å². The van der Waals surface area contributed by atoms with Gasteiger partial charge in [-0.2, -0.15) is 0 Å². The van der Waals surface area contributed by atoms with E-state index in [1.165, 1.54) is 0 Å². The summed E-state index contributed by atoms with van der Waals surface area (Å²) < 4.78 is 11.6. The number of halogens is 1. The number of thioether (sulfide) groups is 1. The fraction of sp³-hybridized carbons (Fsp3) is 0.458. The van der Waals surface area contributed by atoms with Crippen LogP contribution in [0, 0.1) is 5.92 Å². The molecule has 2 atom stereocenters. The van der Waals surface area contributed by atoms with Crippen LogP contribution in [0.3, 0.4) is 0 Å². The SMILES string of the molecule is COc1ccc(OCCCN[C@H](CO)C(C)C)c(C2Sc3cc(Cl)ccc3N2C(C)=O)c1. The van der Waals surface area contributed by atoms with Crippen molar-refractivity contribution in [3.63, 3.8) is 0 Å². The van der Waals surface area contributed by atoms with Gasteiger partial charge in [0, 0.05) is 28.4 Å². The minimum Gasteiger partial charge on any atom is -0.497 e. The van der Waals surface area contributed by atoms with Crippen molar-refractivity contribution >= 4 is 35.0 Å². The highest BCUT2D eigenvalue weighted by molar-refractivity contribution is 8.00. The van der Waals surface area contributed by atoms with E-state index >= 15 is 0 Å². The molecular formula is C24H31ClN2O4S. The van der Waals surface area contributed by atoms with Crippen molar-refractivity contribution in [2.24, 2.45) is 5.92 Å². The third-order valence-corrected chi connectivity index (χ3v) is 6.97. The maximum absolute atomic E-state index is 12.6. The molecule has 1 amide bonds. The second-order valence-corrected chi connectivity index (χ2v) is 9.62. The summed E-state index contributed by atoms with van der Waals surface area (Å²) in [6.45, 7) is 7.11. The van der Waals surface area contributed by atoms with E-state index in [1.54, 1.807) is 36.8 Å². The van der Waals surface area contributed by atoms with Crippen LogP contribution in [0.2, 0.25) is 5.02 Å². The fourth-order valence-corrected chi connectivity index (χ4v) is 5.29. The first-order chi connectivity index (χ1) is 15.3. The molecule has 0 radical (unpaired) electrons. The van der Waals surface area contributed by atoms with Gasteiger partial charge in [-0.25, -0.2) is 0 Å². The molecule has 0 saturated carbocycles. The number of hydrogen-bond donors (Lipinski definition) is 2. The molecule has 1 aliphatic rings. The average Bonchev–Trinajstić information content (AvgIpc) is 3.14. The first-order valence-electron chi connectivity index (χ1n) is 10.8. The number of hydrogen-bond acceptors (Lipinski definition) is 6. The minimum atomic E-state index is -0.274. The monoisotopic (exact) mass is 478 g/mol. The predicted molar refractivity (Wildman–Crippen MR) is 130 cm³/mol. The Labute approximate surface area is 199 Å². The summed E-state index contributed by atoms with van der Waals surface area (Å²) in [6, 6.07) is 11.3. The van der Waals surface area contributed by atoms with Gasteiger partial charge in [0.25, 0.3) is 0 Å². The van der Waals surface area contributed by atoms with E-state index in [2.05, 4.69) is 19.2 Å². The van der Waals surface area contributed by atoms with Crippen LogP contribution < -0.4 is 19.7 Å². The average molecular weight is 479 g/mol. The van der Waals surface area contributed by atoms with Gasteiger partial charge >= 0.3 is 0 Å². The first kappa shape index (κ1) is 24.7. The van der Waals surface area contributed by atoms with Crippen LogP contribution in [0.25, 0.3) is 0 Å². The van der Waals surface area contributed by atoms with Crippen LogP contribution in [0.4, 0.5) is 5.69 Å². The topological polar surface area (TPSA) is 71.0 Å². The van der Waals surface area contributed by atoms with Gasteiger partial charge < -0.3 is 19.9 Å². The quantitative estimate of drug-likeness (QED) is 0.474. The minimum absolute atomic E-state index is 0.0507. The summed E-state index contributed by atoms with van der Waals surface area (Å²) in [4.78, 5) is 15.3. The molecule has 1 unspecified atom stereocenters. The van der Waals surface area contributed by atoms with Crippen LogP contribution in [0.5, 0.6) is 11.5 Å². The molecule has 3 rings (SSSR count). The molecule has 0 fully saturated rings. The van der Waals surface area contributed by atoms with E-state index in [0.717, 1.165) is 34.9 Å². The van der Waals surface area contributed by atoms with Gasteiger partial charge in [-0.05, 0) is 55.3 Å². The number of rotatable bonds is 10. The molecule has 0 spiro atoms. The molecule has 0 saturated heterocycles. The standard InChI is InChI=1S/C24H31ClN2O4S/c1-15(2)20(14-28)26-10-5-11-31-22-9-7-18(30-4)13-19(22)24-27(16(3)29)21-8-6-17(25)12-23(21)32-24/h6-9,12-13,15,20,24,26,28H,5,10-11,14H2,1-4H3/t20-,24?/m1/s1. The zero-order valence-corrected chi connectivity index (χ0v) is 20.5. The summed E-state index contributed by atoms with van der Waals surface area (Å²) in [5, 5.41) is 13.2. The lowest BCUT2D eigenvalue weighted by Crippen LogP contribution is -2.38. The molecule has 0 aliphatic carbocycles. The van der Waals surface area contributed by atoms with E-state index in [1.807, 2.05) is 30.3 Å². The van der Waals surface area contributed by atoms with Crippen molar-refractivity contribution < 1.29 is 19.4 Å². The molecule has 2 aromatic carbocycles. The number of nitrogens with zero attached hydrogens (tertiary/aromatic N) is 1. The summed E-state index contributed by atoms with van der Waals surface area (Å²) in [7, 11) is 1.62. The number of aliphatic hydroxyl groups is 1. The molecule has 174 valence electrons. The predicted octanol–water partition coefficient (Wildman–Crippen LogP) is 4.88. The molecule has 0 bridgehead atoms. The number of ether oxygens (including phenoxy) is 2. The highest BCUT2D eigenvalue weighted by Gasteiger charge is 2.36. The van der Waals surface area contributed by atoms with Crippen molar-refractivity contribution in [3.05, 3.63) is 47.0 Å². The summed E-state index contributed by atoms with van der Waals surface area (Å²) in [5.74, 6) is 1.73. The Kier molecular flexibility index (Phi) is 8.71. The fourth-order valence-electron chi connectivity index (χ4n) is 3.65. The normalized spacial score (nSPS) is 16.2. The number of carbonyl (C=O) groups is 1. The van der Waals surface area contributed by atoms with Crippen molar-refractivity contribution in [2.75, 3.05) is 31.8 Å². The van der Waals surface area contributed by atoms with Crippen LogP contribution in [-0.2, 0) is 4.79 Å². The Balaban J connectivity index is 1.77. The number of benzene rings is 2. The van der Waals surface area contributed by atoms with E-state index in [-0.39, 0.29) is 23.9 Å². The van der Waals surface area contributed by atoms with Gasteiger partial charge in [-0.3, -0.25) is 9.69 Å². The molecule has 1 aliphatic heterocycles. The highest BCUT2D eigenvalue weighted by Crippen LogP contribution is 2.54. The third kappa shape index (κ3) is 5.70. The van der Waals surface area contributed by atoms with E-state index in [0.29, 0.717) is 23.3 Å². The summed E-state index contributed by atoms with van der Waals surface area (Å²) in [5.41, 5.74) is 1.72. The molecule has 0 aromatic heterocycles. The van der Waals surface area contributed by atoms with Gasteiger partial charge in [0.15, 0.2) is 0 Å². The maximum Gasteiger partial charge on any atom is 0.225 e. The van der Waals surface area contributed by atoms with Crippen molar-refractivity contribution in [3.8, 4) is 11.5 Å². The number of fused-ring (bicyclic) bond motifs is 1. The smallest absolute Gasteiger partial charge is 0.225 e. The van der Waals surface area contributed by atoms with Gasteiger partial charge in [0.05, 0.1) is 26.0 Å². The lowest BCUT2D eigenvalue weighted by Gasteiger charge is -2.26. The number of amides is 1. The number of nitrogens with one attached hydrogen (secondary N) is 1. The van der Waals surface area contributed by atoms with Gasteiger partial charge in [0.1, 0.15) is 16.9 Å². The molecule has 6 nitrogen and oxygen atoms in total. The molecule has 32 heavy (non-hydrogen) atoms. The second-order valence-electron chi connectivity index (χ2n) is 8.06. The molecule has 8 heteroatoms. The summed E-state index contributed by atoms with van der Waals surface area (Å²) >= 11 is 7.76. The molecule has 2 N–H and O–H groups in total. The molecule has 2 aromatic rings.